The van der Waals surface area contributed by atoms with Crippen LogP contribution in [0, 0.1) is 11.3 Å². The Hall–Kier alpha value is -1.86. The molecule has 3 heterocycles. The predicted octanol–water partition coefficient (Wildman–Crippen LogP) is 5.66. The first kappa shape index (κ1) is 23.8. The van der Waals surface area contributed by atoms with Crippen molar-refractivity contribution < 1.29 is 14.3 Å². The van der Waals surface area contributed by atoms with Gasteiger partial charge in [-0.25, -0.2) is 9.78 Å². The standard InChI is InChI=1S/C21H25ClN4O3S2/c1-20(2,3)29-19(27)26-15(11-28-21(26,4)5)7-16(17-10-24-12-30-17)31-18-13(8-23)6-14(22)9-25-18/h6,9-10,12,15-16H,7,11H2,1-5H3/t15-,16+/m0/s1. The van der Waals surface area contributed by atoms with Crippen molar-refractivity contribution in [2.45, 2.75) is 68.7 Å². The van der Waals surface area contributed by atoms with Crippen LogP contribution >= 0.6 is 34.7 Å². The second-order valence-electron chi connectivity index (χ2n) is 8.63. The molecule has 0 aromatic carbocycles. The van der Waals surface area contributed by atoms with E-state index in [1.165, 1.54) is 29.3 Å². The molecule has 0 N–H and O–H groups in total. The largest absolute Gasteiger partial charge is 0.444 e. The van der Waals surface area contributed by atoms with Crippen molar-refractivity contribution >= 4 is 40.8 Å². The average molecular weight is 481 g/mol. The Labute approximate surface area is 195 Å². The Morgan fingerprint density at radius 3 is 2.87 bits per heavy atom. The van der Waals surface area contributed by atoms with E-state index in [0.717, 1.165) is 4.88 Å². The molecule has 1 saturated heterocycles. The summed E-state index contributed by atoms with van der Waals surface area (Å²) in [6.07, 6.45) is 3.52. The van der Waals surface area contributed by atoms with Gasteiger partial charge in [-0.3, -0.25) is 9.88 Å². The highest BCUT2D eigenvalue weighted by molar-refractivity contribution is 7.99. The number of nitriles is 1. The van der Waals surface area contributed by atoms with Crippen molar-refractivity contribution in [1.82, 2.24) is 14.9 Å². The van der Waals surface area contributed by atoms with Crippen LogP contribution in [0.3, 0.4) is 0 Å². The molecule has 1 aliphatic heterocycles. The number of thioether (sulfide) groups is 1. The molecule has 3 rings (SSSR count). The monoisotopic (exact) mass is 480 g/mol. The van der Waals surface area contributed by atoms with E-state index in [4.69, 9.17) is 21.1 Å². The molecule has 1 aliphatic rings. The maximum Gasteiger partial charge on any atom is 0.412 e. The van der Waals surface area contributed by atoms with Gasteiger partial charge in [-0.15, -0.1) is 11.3 Å². The Morgan fingerprint density at radius 1 is 1.52 bits per heavy atom. The lowest BCUT2D eigenvalue weighted by molar-refractivity contribution is -0.0626. The molecule has 1 amide bonds. The minimum Gasteiger partial charge on any atom is -0.444 e. The molecule has 2 aromatic heterocycles. The van der Waals surface area contributed by atoms with E-state index in [1.807, 2.05) is 40.8 Å². The van der Waals surface area contributed by atoms with Crippen LogP contribution in [-0.2, 0) is 9.47 Å². The number of aromatic nitrogens is 2. The van der Waals surface area contributed by atoms with E-state index in [0.29, 0.717) is 28.6 Å². The van der Waals surface area contributed by atoms with Gasteiger partial charge in [0, 0.05) is 22.5 Å². The number of hydrogen-bond acceptors (Lipinski definition) is 8. The lowest BCUT2D eigenvalue weighted by Crippen LogP contribution is -2.50. The number of nitrogens with zero attached hydrogens (tertiary/aromatic N) is 4. The maximum absolute atomic E-state index is 13.0. The second kappa shape index (κ2) is 9.33. The summed E-state index contributed by atoms with van der Waals surface area (Å²) < 4.78 is 11.6. The van der Waals surface area contributed by atoms with Gasteiger partial charge in [0.1, 0.15) is 22.4 Å². The van der Waals surface area contributed by atoms with Crippen LogP contribution in [0.5, 0.6) is 0 Å². The normalized spacial score (nSPS) is 19.1. The number of amides is 1. The zero-order valence-electron chi connectivity index (χ0n) is 18.1. The number of thiazole rings is 1. The van der Waals surface area contributed by atoms with Gasteiger partial charge < -0.3 is 9.47 Å². The third kappa shape index (κ3) is 5.89. The molecule has 7 nitrogen and oxygen atoms in total. The van der Waals surface area contributed by atoms with E-state index in [1.54, 1.807) is 16.5 Å². The summed E-state index contributed by atoms with van der Waals surface area (Å²) in [4.78, 5) is 24.3. The summed E-state index contributed by atoms with van der Waals surface area (Å²) in [5.74, 6) is 0. The molecular formula is C21H25ClN4O3S2. The molecule has 0 unspecified atom stereocenters. The van der Waals surface area contributed by atoms with Crippen LogP contribution in [0.25, 0.3) is 0 Å². The Bertz CT molecular complexity index is 970. The molecule has 2 atom stereocenters. The van der Waals surface area contributed by atoms with Crippen LogP contribution < -0.4 is 0 Å². The van der Waals surface area contributed by atoms with Gasteiger partial charge in [0.15, 0.2) is 0 Å². The van der Waals surface area contributed by atoms with Gasteiger partial charge in [-0.1, -0.05) is 23.4 Å². The smallest absolute Gasteiger partial charge is 0.412 e. The summed E-state index contributed by atoms with van der Waals surface area (Å²) in [7, 11) is 0. The summed E-state index contributed by atoms with van der Waals surface area (Å²) in [6.45, 7) is 9.64. The van der Waals surface area contributed by atoms with Crippen LogP contribution in [0.1, 0.15) is 56.7 Å². The number of hydrogen-bond donors (Lipinski definition) is 0. The number of halogens is 1. The van der Waals surface area contributed by atoms with Crippen molar-refractivity contribution in [3.05, 3.63) is 39.4 Å². The first-order valence-electron chi connectivity index (χ1n) is 9.77. The topological polar surface area (TPSA) is 88.3 Å². The van der Waals surface area contributed by atoms with Gasteiger partial charge in [0.25, 0.3) is 0 Å². The Balaban J connectivity index is 1.88. The molecule has 0 radical (unpaired) electrons. The highest BCUT2D eigenvalue weighted by Gasteiger charge is 2.46. The van der Waals surface area contributed by atoms with E-state index in [2.05, 4.69) is 16.0 Å². The summed E-state index contributed by atoms with van der Waals surface area (Å²) in [5, 5.41) is 10.4. The minimum absolute atomic E-state index is 0.0827. The molecular weight excluding hydrogens is 456 g/mol. The Kier molecular flexibility index (Phi) is 7.16. The van der Waals surface area contributed by atoms with Crippen LogP contribution in [0.15, 0.2) is 29.0 Å². The predicted molar refractivity (Wildman–Crippen MR) is 121 cm³/mol. The van der Waals surface area contributed by atoms with E-state index in [9.17, 15) is 10.1 Å². The van der Waals surface area contributed by atoms with Gasteiger partial charge >= 0.3 is 6.09 Å². The quantitative estimate of drug-likeness (QED) is 0.510. The second-order valence-corrected chi connectivity index (χ2v) is 11.2. The number of carbonyl (C=O) groups excluding carboxylic acids is 1. The van der Waals surface area contributed by atoms with Crippen molar-refractivity contribution in [1.29, 1.82) is 5.26 Å². The molecule has 2 aromatic rings. The fourth-order valence-corrected chi connectivity index (χ4v) is 5.52. The molecule has 0 aliphatic carbocycles. The van der Waals surface area contributed by atoms with E-state index < -0.39 is 17.4 Å². The molecule has 0 saturated carbocycles. The fourth-order valence-electron chi connectivity index (χ4n) is 3.33. The SMILES string of the molecule is CC(C)(C)OC(=O)N1[C@@H](C[C@@H](Sc2ncc(Cl)cc2C#N)c2cncs2)COC1(C)C. The van der Waals surface area contributed by atoms with E-state index >= 15 is 0 Å². The van der Waals surface area contributed by atoms with Crippen molar-refractivity contribution in [3.63, 3.8) is 0 Å². The van der Waals surface area contributed by atoms with Crippen molar-refractivity contribution in [2.24, 2.45) is 0 Å². The van der Waals surface area contributed by atoms with Crippen molar-refractivity contribution in [2.75, 3.05) is 6.61 Å². The molecule has 0 spiro atoms. The zero-order chi connectivity index (χ0) is 22.8. The summed E-state index contributed by atoms with van der Waals surface area (Å²) >= 11 is 8.99. The first-order chi connectivity index (χ1) is 14.5. The van der Waals surface area contributed by atoms with Gasteiger partial charge in [-0.2, -0.15) is 5.26 Å². The molecule has 1 fully saturated rings. The third-order valence-corrected chi connectivity index (χ3v) is 7.14. The minimum atomic E-state index is -0.785. The van der Waals surface area contributed by atoms with Gasteiger partial charge in [-0.05, 0) is 47.1 Å². The number of carbonyl (C=O) groups is 1. The third-order valence-electron chi connectivity index (χ3n) is 4.61. The molecule has 10 heteroatoms. The highest BCUT2D eigenvalue weighted by atomic mass is 35.5. The maximum atomic E-state index is 13.0. The van der Waals surface area contributed by atoms with Gasteiger partial charge in [0.2, 0.25) is 0 Å². The van der Waals surface area contributed by atoms with Crippen LogP contribution in [0.4, 0.5) is 4.79 Å². The number of ether oxygens (including phenoxy) is 2. The number of rotatable bonds is 5. The fraction of sp³-hybridized carbons (Fsp3) is 0.524. The molecule has 0 bridgehead atoms. The highest BCUT2D eigenvalue weighted by Crippen LogP contribution is 2.43. The molecule has 166 valence electrons. The first-order valence-corrected chi connectivity index (χ1v) is 11.9. The Morgan fingerprint density at radius 2 is 2.26 bits per heavy atom. The van der Waals surface area contributed by atoms with Gasteiger partial charge in [0.05, 0.1) is 28.7 Å². The molecule has 31 heavy (non-hydrogen) atoms. The summed E-state index contributed by atoms with van der Waals surface area (Å²) in [6, 6.07) is 3.56. The van der Waals surface area contributed by atoms with Crippen LogP contribution in [-0.4, -0.2) is 44.9 Å². The van der Waals surface area contributed by atoms with E-state index in [-0.39, 0.29) is 11.3 Å². The number of pyridine rings is 1. The summed E-state index contributed by atoms with van der Waals surface area (Å²) in [5.41, 5.74) is 0.788. The average Bonchev–Trinajstić information content (AvgIpc) is 3.28. The zero-order valence-corrected chi connectivity index (χ0v) is 20.5. The lowest BCUT2D eigenvalue weighted by Gasteiger charge is -2.35. The lowest BCUT2D eigenvalue weighted by atomic mass is 10.1. The van der Waals surface area contributed by atoms with Crippen molar-refractivity contribution in [3.8, 4) is 6.07 Å². The van der Waals surface area contributed by atoms with Crippen LogP contribution in [0.2, 0.25) is 5.02 Å².